The Morgan fingerprint density at radius 2 is 1.96 bits per heavy atom. The lowest BCUT2D eigenvalue weighted by atomic mass is 10.2. The number of rotatable bonds is 5. The van der Waals surface area contributed by atoms with Gasteiger partial charge >= 0.3 is 5.97 Å². The zero-order valence-corrected chi connectivity index (χ0v) is 15.1. The van der Waals surface area contributed by atoms with Crippen LogP contribution in [0.15, 0.2) is 30.6 Å². The highest BCUT2D eigenvalue weighted by Crippen LogP contribution is 2.20. The van der Waals surface area contributed by atoms with Crippen LogP contribution in [-0.4, -0.2) is 76.4 Å². The molecule has 27 heavy (non-hydrogen) atoms. The van der Waals surface area contributed by atoms with E-state index < -0.39 is 5.97 Å². The zero-order valence-electron chi connectivity index (χ0n) is 15.1. The average molecular weight is 369 g/mol. The van der Waals surface area contributed by atoms with Crippen LogP contribution in [0.4, 0.5) is 5.95 Å². The molecule has 4 heterocycles. The fraction of sp³-hybridized carbons (Fsp3) is 0.474. The van der Waals surface area contributed by atoms with E-state index in [4.69, 9.17) is 9.84 Å². The molecule has 0 spiro atoms. The van der Waals surface area contributed by atoms with Crippen LogP contribution in [-0.2, 0) is 4.74 Å². The first-order valence-electron chi connectivity index (χ1n) is 9.31. The van der Waals surface area contributed by atoms with Crippen molar-refractivity contribution in [1.82, 2.24) is 19.9 Å². The summed E-state index contributed by atoms with van der Waals surface area (Å²) in [5, 5.41) is 9.16. The van der Waals surface area contributed by atoms with E-state index in [0.717, 1.165) is 45.8 Å². The second-order valence-electron chi connectivity index (χ2n) is 6.90. The van der Waals surface area contributed by atoms with Crippen LogP contribution in [0.25, 0.3) is 11.4 Å². The van der Waals surface area contributed by atoms with E-state index in [2.05, 4.69) is 24.8 Å². The molecular formula is C19H23N5O3. The number of nitrogens with zero attached hydrogens (tertiary/aromatic N) is 5. The van der Waals surface area contributed by atoms with Gasteiger partial charge in [-0.25, -0.2) is 14.8 Å². The molecule has 4 rings (SSSR count). The van der Waals surface area contributed by atoms with E-state index >= 15 is 0 Å². The number of carbonyl (C=O) groups is 1. The normalized spacial score (nSPS) is 20.7. The Kier molecular flexibility index (Phi) is 5.26. The summed E-state index contributed by atoms with van der Waals surface area (Å²) in [5.74, 6) is -0.318. The van der Waals surface area contributed by atoms with Gasteiger partial charge in [0.15, 0.2) is 0 Å². The molecule has 8 nitrogen and oxygen atoms in total. The molecule has 2 aromatic heterocycles. The molecule has 8 heteroatoms. The van der Waals surface area contributed by atoms with Gasteiger partial charge in [-0.3, -0.25) is 9.88 Å². The van der Waals surface area contributed by atoms with Crippen molar-refractivity contribution in [2.75, 3.05) is 44.2 Å². The molecule has 0 saturated carbocycles. The molecule has 0 radical (unpaired) electrons. The Labute approximate surface area is 157 Å². The SMILES string of the molecule is O=C(O)c1ccnc(-c2ccnc(N3CCN(C[C@@H]4CCCO4)CC3)n2)c1. The third-order valence-electron chi connectivity index (χ3n) is 5.05. The number of carboxylic acid groups (broad SMARTS) is 1. The Hall–Kier alpha value is -2.58. The Bertz CT molecular complexity index is 801. The van der Waals surface area contributed by atoms with Gasteiger partial charge in [0.05, 0.1) is 23.1 Å². The topological polar surface area (TPSA) is 91.7 Å². The minimum atomic E-state index is -0.977. The number of pyridine rings is 1. The van der Waals surface area contributed by atoms with Crippen molar-refractivity contribution < 1.29 is 14.6 Å². The van der Waals surface area contributed by atoms with E-state index in [0.29, 0.717) is 23.4 Å². The molecule has 2 fully saturated rings. The van der Waals surface area contributed by atoms with E-state index in [9.17, 15) is 4.79 Å². The van der Waals surface area contributed by atoms with Crippen molar-refractivity contribution in [3.8, 4) is 11.4 Å². The number of anilines is 1. The number of hydrogen-bond acceptors (Lipinski definition) is 7. The van der Waals surface area contributed by atoms with Crippen molar-refractivity contribution in [3.05, 3.63) is 36.2 Å². The van der Waals surface area contributed by atoms with Gasteiger partial charge in [0, 0.05) is 51.7 Å². The highest BCUT2D eigenvalue weighted by atomic mass is 16.5. The van der Waals surface area contributed by atoms with Gasteiger partial charge in [-0.05, 0) is 31.0 Å². The Morgan fingerprint density at radius 3 is 2.70 bits per heavy atom. The number of aromatic nitrogens is 3. The molecule has 1 N–H and O–H groups in total. The quantitative estimate of drug-likeness (QED) is 0.849. The maximum absolute atomic E-state index is 11.2. The van der Waals surface area contributed by atoms with E-state index in [1.165, 1.54) is 24.8 Å². The average Bonchev–Trinajstić information content (AvgIpc) is 3.22. The predicted molar refractivity (Wildman–Crippen MR) is 99.8 cm³/mol. The fourth-order valence-corrected chi connectivity index (χ4v) is 3.55. The molecule has 1 atom stereocenters. The van der Waals surface area contributed by atoms with Crippen LogP contribution in [0.1, 0.15) is 23.2 Å². The van der Waals surface area contributed by atoms with Crippen molar-refractivity contribution in [3.63, 3.8) is 0 Å². The first-order chi connectivity index (χ1) is 13.2. The van der Waals surface area contributed by atoms with Crippen molar-refractivity contribution in [2.45, 2.75) is 18.9 Å². The number of carboxylic acids is 1. The summed E-state index contributed by atoms with van der Waals surface area (Å²) in [6.45, 7) is 5.53. The minimum Gasteiger partial charge on any atom is -0.478 e. The van der Waals surface area contributed by atoms with E-state index in [1.54, 1.807) is 12.3 Å². The summed E-state index contributed by atoms with van der Waals surface area (Å²) in [6, 6.07) is 4.76. The van der Waals surface area contributed by atoms with Crippen molar-refractivity contribution >= 4 is 11.9 Å². The molecule has 2 aliphatic rings. The van der Waals surface area contributed by atoms with Crippen LogP contribution >= 0.6 is 0 Å². The molecule has 2 saturated heterocycles. The zero-order chi connectivity index (χ0) is 18.6. The molecule has 0 aliphatic carbocycles. The second-order valence-corrected chi connectivity index (χ2v) is 6.90. The number of piperazine rings is 1. The number of ether oxygens (including phenoxy) is 1. The van der Waals surface area contributed by atoms with E-state index in [-0.39, 0.29) is 5.56 Å². The summed E-state index contributed by atoms with van der Waals surface area (Å²) in [7, 11) is 0. The third kappa shape index (κ3) is 4.23. The summed E-state index contributed by atoms with van der Waals surface area (Å²) in [5.41, 5.74) is 1.36. The summed E-state index contributed by atoms with van der Waals surface area (Å²) in [6.07, 6.45) is 5.90. The molecular weight excluding hydrogens is 346 g/mol. The Morgan fingerprint density at radius 1 is 1.15 bits per heavy atom. The maximum Gasteiger partial charge on any atom is 0.335 e. The Balaban J connectivity index is 1.42. The van der Waals surface area contributed by atoms with Gasteiger partial charge in [-0.2, -0.15) is 0 Å². The van der Waals surface area contributed by atoms with E-state index in [1.807, 2.05) is 0 Å². The summed E-state index contributed by atoms with van der Waals surface area (Å²) < 4.78 is 5.73. The molecule has 142 valence electrons. The number of aromatic carboxylic acids is 1. The highest BCUT2D eigenvalue weighted by Gasteiger charge is 2.24. The molecule has 2 aromatic rings. The van der Waals surface area contributed by atoms with Gasteiger partial charge in [0.1, 0.15) is 0 Å². The van der Waals surface area contributed by atoms with Gasteiger partial charge in [0.2, 0.25) is 5.95 Å². The lowest BCUT2D eigenvalue weighted by Crippen LogP contribution is -2.49. The van der Waals surface area contributed by atoms with Crippen LogP contribution in [0, 0.1) is 0 Å². The fourth-order valence-electron chi connectivity index (χ4n) is 3.55. The first-order valence-corrected chi connectivity index (χ1v) is 9.31. The molecule has 0 unspecified atom stereocenters. The molecule has 0 amide bonds. The maximum atomic E-state index is 11.2. The van der Waals surface area contributed by atoms with Crippen molar-refractivity contribution in [2.24, 2.45) is 0 Å². The lowest BCUT2D eigenvalue weighted by molar-refractivity contribution is 0.0696. The van der Waals surface area contributed by atoms with Gasteiger partial charge < -0.3 is 14.7 Å². The lowest BCUT2D eigenvalue weighted by Gasteiger charge is -2.35. The molecule has 0 aromatic carbocycles. The van der Waals surface area contributed by atoms with Crippen LogP contribution in [0.3, 0.4) is 0 Å². The summed E-state index contributed by atoms with van der Waals surface area (Å²) in [4.78, 5) is 29.0. The van der Waals surface area contributed by atoms with Crippen LogP contribution < -0.4 is 4.90 Å². The predicted octanol–water partition coefficient (Wildman–Crippen LogP) is 1.54. The smallest absolute Gasteiger partial charge is 0.335 e. The summed E-state index contributed by atoms with van der Waals surface area (Å²) >= 11 is 0. The standard InChI is InChI=1S/C19H23N5O3/c25-18(26)14-3-5-20-17(12-14)16-4-6-21-19(22-16)24-9-7-23(8-10-24)13-15-2-1-11-27-15/h3-6,12,15H,1-2,7-11,13H2,(H,25,26)/t15-/m0/s1. The number of hydrogen-bond donors (Lipinski definition) is 1. The van der Waals surface area contributed by atoms with Crippen LogP contribution in [0.2, 0.25) is 0 Å². The first kappa shape index (κ1) is 17.8. The molecule has 2 aliphatic heterocycles. The minimum absolute atomic E-state index is 0.197. The van der Waals surface area contributed by atoms with Gasteiger partial charge in [-0.1, -0.05) is 0 Å². The highest BCUT2D eigenvalue weighted by molar-refractivity contribution is 5.88. The van der Waals surface area contributed by atoms with Gasteiger partial charge in [0.25, 0.3) is 0 Å². The van der Waals surface area contributed by atoms with Crippen molar-refractivity contribution in [1.29, 1.82) is 0 Å². The van der Waals surface area contributed by atoms with Crippen LogP contribution in [0.5, 0.6) is 0 Å². The molecule has 0 bridgehead atoms. The third-order valence-corrected chi connectivity index (χ3v) is 5.05. The second kappa shape index (κ2) is 7.98. The monoisotopic (exact) mass is 369 g/mol. The largest absolute Gasteiger partial charge is 0.478 e. The van der Waals surface area contributed by atoms with Gasteiger partial charge in [-0.15, -0.1) is 0 Å².